The molecule has 0 bridgehead atoms. The molecule has 0 aliphatic carbocycles. The fourth-order valence-electron chi connectivity index (χ4n) is 3.20. The van der Waals surface area contributed by atoms with Gasteiger partial charge in [0.2, 0.25) is 0 Å². The molecule has 1 fully saturated rings. The Bertz CT molecular complexity index is 911. The highest BCUT2D eigenvalue weighted by atomic mass is 32.2. The van der Waals surface area contributed by atoms with Crippen molar-refractivity contribution in [3.63, 3.8) is 0 Å². The van der Waals surface area contributed by atoms with Gasteiger partial charge in [-0.3, -0.25) is 0 Å². The zero-order valence-electron chi connectivity index (χ0n) is 15.3. The third-order valence-corrected chi connectivity index (χ3v) is 8.23. The zero-order chi connectivity index (χ0) is 20.7. The van der Waals surface area contributed by atoms with Crippen LogP contribution in [0.1, 0.15) is 19.4 Å². The van der Waals surface area contributed by atoms with E-state index in [1.54, 1.807) is 17.5 Å². The quantitative estimate of drug-likeness (QED) is 0.801. The van der Waals surface area contributed by atoms with E-state index in [0.717, 1.165) is 6.92 Å². The number of nitrogens with zero attached hydrogens (tertiary/aromatic N) is 2. The van der Waals surface area contributed by atoms with Gasteiger partial charge in [0, 0.05) is 31.4 Å². The van der Waals surface area contributed by atoms with Crippen LogP contribution >= 0.6 is 11.3 Å². The molecule has 28 heavy (non-hydrogen) atoms. The van der Waals surface area contributed by atoms with Gasteiger partial charge in [0.05, 0.1) is 0 Å². The number of hydrogen-bond acceptors (Lipinski definition) is 5. The van der Waals surface area contributed by atoms with Gasteiger partial charge in [0.1, 0.15) is 4.21 Å². The largest absolute Gasteiger partial charge is 0.421 e. The van der Waals surface area contributed by atoms with Gasteiger partial charge in [0.15, 0.2) is 5.60 Å². The summed E-state index contributed by atoms with van der Waals surface area (Å²) >= 11 is 1.17. The lowest BCUT2D eigenvalue weighted by atomic mass is 9.95. The molecule has 1 saturated heterocycles. The Hall–Kier alpha value is -1.62. The summed E-state index contributed by atoms with van der Waals surface area (Å²) in [5, 5.41) is 11.5. The molecule has 0 radical (unpaired) electrons. The summed E-state index contributed by atoms with van der Waals surface area (Å²) in [4.78, 5) is 1.95. The van der Waals surface area contributed by atoms with E-state index in [1.807, 2.05) is 11.8 Å². The van der Waals surface area contributed by atoms with Gasteiger partial charge in [0.25, 0.3) is 10.0 Å². The lowest BCUT2D eigenvalue weighted by Crippen LogP contribution is -2.53. The number of benzene rings is 1. The molecule has 5 nitrogen and oxygen atoms in total. The number of halogens is 3. The van der Waals surface area contributed by atoms with Gasteiger partial charge in [-0.15, -0.1) is 11.3 Å². The van der Waals surface area contributed by atoms with E-state index >= 15 is 0 Å². The molecule has 0 spiro atoms. The van der Waals surface area contributed by atoms with Gasteiger partial charge in [-0.1, -0.05) is 18.2 Å². The molecule has 2 heterocycles. The lowest BCUT2D eigenvalue weighted by Gasteiger charge is -2.40. The molecule has 10 heteroatoms. The number of aliphatic hydroxyl groups is 1. The van der Waals surface area contributed by atoms with Crippen LogP contribution in [0.5, 0.6) is 0 Å². The van der Waals surface area contributed by atoms with E-state index in [0.29, 0.717) is 16.4 Å². The lowest BCUT2D eigenvalue weighted by molar-refractivity contribution is -0.258. The van der Waals surface area contributed by atoms with E-state index in [1.165, 1.54) is 39.9 Å². The highest BCUT2D eigenvalue weighted by Crippen LogP contribution is 2.39. The predicted octanol–water partition coefficient (Wildman–Crippen LogP) is 3.42. The molecule has 154 valence electrons. The number of thiophene rings is 1. The minimum atomic E-state index is -4.77. The Kier molecular flexibility index (Phi) is 5.52. The van der Waals surface area contributed by atoms with Crippen LogP contribution in [0.3, 0.4) is 0 Å². The SMILES string of the molecule is C[C@H]1CN(S(=O)(=O)c2cccs2)CCN1c1ccc([C@@](C)(O)C(F)(F)F)cc1. The van der Waals surface area contributed by atoms with Crippen LogP contribution in [0.15, 0.2) is 46.0 Å². The van der Waals surface area contributed by atoms with Crippen molar-refractivity contribution < 1.29 is 26.7 Å². The number of rotatable bonds is 4. The summed E-state index contributed by atoms with van der Waals surface area (Å²) in [5.74, 6) is 0. The Morgan fingerprint density at radius 2 is 1.79 bits per heavy atom. The van der Waals surface area contributed by atoms with Gasteiger partial charge >= 0.3 is 6.18 Å². The van der Waals surface area contributed by atoms with Crippen molar-refractivity contribution in [3.8, 4) is 0 Å². The molecule has 2 aromatic rings. The fourth-order valence-corrected chi connectivity index (χ4v) is 5.86. The second-order valence-corrected chi connectivity index (χ2v) is 10.1. The number of anilines is 1. The minimum absolute atomic E-state index is 0.155. The molecular weight excluding hydrogens is 413 g/mol. The van der Waals surface area contributed by atoms with E-state index in [2.05, 4.69) is 0 Å². The van der Waals surface area contributed by atoms with Crippen LogP contribution in [-0.2, 0) is 15.6 Å². The van der Waals surface area contributed by atoms with Crippen molar-refractivity contribution in [2.24, 2.45) is 0 Å². The molecule has 0 amide bonds. The van der Waals surface area contributed by atoms with E-state index in [9.17, 15) is 26.7 Å². The van der Waals surface area contributed by atoms with Crippen molar-refractivity contribution in [2.75, 3.05) is 24.5 Å². The van der Waals surface area contributed by atoms with Gasteiger partial charge in [-0.05, 0) is 43.0 Å². The average Bonchev–Trinajstić information content (AvgIpc) is 3.16. The predicted molar refractivity (Wildman–Crippen MR) is 102 cm³/mol. The molecule has 1 aromatic heterocycles. The van der Waals surface area contributed by atoms with Crippen molar-refractivity contribution in [3.05, 3.63) is 47.3 Å². The first-order valence-corrected chi connectivity index (χ1v) is 11.0. The Balaban J connectivity index is 1.75. The molecule has 1 aromatic carbocycles. The van der Waals surface area contributed by atoms with Gasteiger partial charge < -0.3 is 10.0 Å². The third kappa shape index (κ3) is 3.78. The Morgan fingerprint density at radius 1 is 1.14 bits per heavy atom. The molecule has 1 aliphatic heterocycles. The van der Waals surface area contributed by atoms with Crippen molar-refractivity contribution in [1.82, 2.24) is 4.31 Å². The van der Waals surface area contributed by atoms with Crippen molar-refractivity contribution in [2.45, 2.75) is 35.9 Å². The summed E-state index contributed by atoms with van der Waals surface area (Å²) in [7, 11) is -3.53. The maximum Gasteiger partial charge on any atom is 0.421 e. The number of sulfonamides is 1. The molecule has 3 rings (SSSR count). The standard InChI is InChI=1S/C18H21F3N2O3S2/c1-13-12-22(28(25,26)16-4-3-11-27-16)9-10-23(13)15-7-5-14(6-8-15)17(2,24)18(19,20)21/h3-8,11,13,24H,9-10,12H2,1-2H3/t13-,17+/m0/s1. The van der Waals surface area contributed by atoms with Crippen LogP contribution in [-0.4, -0.2) is 49.7 Å². The van der Waals surface area contributed by atoms with Crippen LogP contribution in [0.25, 0.3) is 0 Å². The Morgan fingerprint density at radius 3 is 2.29 bits per heavy atom. The van der Waals surface area contributed by atoms with Crippen LogP contribution < -0.4 is 4.90 Å². The van der Waals surface area contributed by atoms with Crippen molar-refractivity contribution >= 4 is 27.0 Å². The van der Waals surface area contributed by atoms with Gasteiger partial charge in [-0.25, -0.2) is 8.42 Å². The smallest absolute Gasteiger partial charge is 0.376 e. The molecular formula is C18H21F3N2O3S2. The normalized spacial score (nSPS) is 21.5. The van der Waals surface area contributed by atoms with E-state index < -0.39 is 21.8 Å². The fraction of sp³-hybridized carbons (Fsp3) is 0.444. The number of piperazine rings is 1. The van der Waals surface area contributed by atoms with Crippen LogP contribution in [0.2, 0.25) is 0 Å². The first kappa shape index (κ1) is 21.1. The summed E-state index contributed by atoms with van der Waals surface area (Å²) in [6, 6.07) is 8.66. The monoisotopic (exact) mass is 434 g/mol. The number of hydrogen-bond donors (Lipinski definition) is 1. The molecule has 1 aliphatic rings. The first-order valence-electron chi connectivity index (χ1n) is 8.64. The van der Waals surface area contributed by atoms with E-state index in [4.69, 9.17) is 0 Å². The molecule has 0 saturated carbocycles. The Labute approximate surface area is 166 Å². The second-order valence-electron chi connectivity index (χ2n) is 6.95. The van der Waals surface area contributed by atoms with Crippen molar-refractivity contribution in [1.29, 1.82) is 0 Å². The molecule has 0 unspecified atom stereocenters. The highest BCUT2D eigenvalue weighted by molar-refractivity contribution is 7.91. The average molecular weight is 435 g/mol. The third-order valence-electron chi connectivity index (χ3n) is 4.99. The summed E-state index contributed by atoms with van der Waals surface area (Å²) in [6.07, 6.45) is -4.77. The minimum Gasteiger partial charge on any atom is -0.376 e. The zero-order valence-corrected chi connectivity index (χ0v) is 17.0. The maximum absolute atomic E-state index is 13.0. The molecule has 1 N–H and O–H groups in total. The van der Waals surface area contributed by atoms with Crippen LogP contribution in [0, 0.1) is 0 Å². The summed E-state index contributed by atoms with van der Waals surface area (Å²) < 4.78 is 66.0. The topological polar surface area (TPSA) is 60.9 Å². The van der Waals surface area contributed by atoms with Gasteiger partial charge in [-0.2, -0.15) is 17.5 Å². The maximum atomic E-state index is 13.0. The number of alkyl halides is 3. The summed E-state index contributed by atoms with van der Waals surface area (Å²) in [5.41, 5.74) is -2.48. The first-order chi connectivity index (χ1) is 12.9. The second kappa shape index (κ2) is 7.33. The van der Waals surface area contributed by atoms with E-state index in [-0.39, 0.29) is 24.7 Å². The summed E-state index contributed by atoms with van der Waals surface area (Å²) in [6.45, 7) is 3.57. The highest BCUT2D eigenvalue weighted by Gasteiger charge is 2.51. The van der Waals surface area contributed by atoms with Crippen LogP contribution in [0.4, 0.5) is 18.9 Å². The molecule has 2 atom stereocenters.